The van der Waals surface area contributed by atoms with Crippen molar-refractivity contribution in [3.8, 4) is 0 Å². The molecule has 0 bridgehead atoms. The molecule has 2 rings (SSSR count). The summed E-state index contributed by atoms with van der Waals surface area (Å²) in [6.07, 6.45) is 0. The molecule has 0 aromatic heterocycles. The Morgan fingerprint density at radius 2 is 2.12 bits per heavy atom. The number of oxime groups is 1. The first kappa shape index (κ1) is 10.5. The number of ether oxygens (including phenoxy) is 1. The summed E-state index contributed by atoms with van der Waals surface area (Å²) in [5, 5.41) is 11.4. The maximum atomic E-state index is 11.7. The number of benzene rings is 1. The summed E-state index contributed by atoms with van der Waals surface area (Å²) in [5.41, 5.74) is 1.04. The highest BCUT2D eigenvalue weighted by molar-refractivity contribution is 6.35. The number of morpholine rings is 1. The molecule has 5 heteroatoms. The van der Waals surface area contributed by atoms with Crippen molar-refractivity contribution in [3.05, 3.63) is 35.9 Å². The Hall–Kier alpha value is -2.04. The van der Waals surface area contributed by atoms with Crippen molar-refractivity contribution in [1.82, 2.24) is 4.90 Å². The highest BCUT2D eigenvalue weighted by atomic mass is 16.5. The van der Waals surface area contributed by atoms with Crippen molar-refractivity contribution in [2.75, 3.05) is 13.2 Å². The number of carbonyl (C=O) groups excluding carboxylic acids is 1. The molecule has 1 heterocycles. The van der Waals surface area contributed by atoms with E-state index in [4.69, 9.17) is 9.94 Å². The van der Waals surface area contributed by atoms with Crippen LogP contribution >= 0.6 is 0 Å². The predicted molar refractivity (Wildman–Crippen MR) is 57.0 cm³/mol. The molecule has 0 aliphatic carbocycles. The van der Waals surface area contributed by atoms with Crippen molar-refractivity contribution >= 4 is 11.8 Å². The number of hydrogen-bond acceptors (Lipinski definition) is 4. The Bertz CT molecular complexity index is 403. The van der Waals surface area contributed by atoms with Gasteiger partial charge in [-0.1, -0.05) is 30.3 Å². The van der Waals surface area contributed by atoms with Gasteiger partial charge in [-0.15, -0.1) is 0 Å². The zero-order chi connectivity index (χ0) is 11.4. The van der Waals surface area contributed by atoms with Gasteiger partial charge in [-0.3, -0.25) is 4.79 Å². The number of hydrogen-bond donors (Lipinski definition) is 1. The molecule has 84 valence electrons. The molecule has 1 aliphatic rings. The Balaban J connectivity index is 2.08. The van der Waals surface area contributed by atoms with Crippen LogP contribution in [0, 0.1) is 0 Å². The lowest BCUT2D eigenvalue weighted by atomic mass is 10.2. The second kappa shape index (κ2) is 4.65. The van der Waals surface area contributed by atoms with E-state index in [0.717, 1.165) is 5.56 Å². The topological polar surface area (TPSA) is 62.1 Å². The molecule has 0 radical (unpaired) electrons. The van der Waals surface area contributed by atoms with Crippen LogP contribution < -0.4 is 0 Å². The van der Waals surface area contributed by atoms with Crippen LogP contribution in [0.1, 0.15) is 5.56 Å². The van der Waals surface area contributed by atoms with Crippen molar-refractivity contribution in [2.24, 2.45) is 5.16 Å². The van der Waals surface area contributed by atoms with Gasteiger partial charge in [-0.2, -0.15) is 0 Å². The molecule has 1 aliphatic heterocycles. The van der Waals surface area contributed by atoms with Crippen LogP contribution in [0.3, 0.4) is 0 Å². The maximum Gasteiger partial charge on any atom is 0.316 e. The van der Waals surface area contributed by atoms with Gasteiger partial charge in [0.05, 0.1) is 6.54 Å². The quantitative estimate of drug-likeness (QED) is 0.593. The molecule has 1 amide bonds. The molecule has 1 aromatic rings. The summed E-state index contributed by atoms with van der Waals surface area (Å²) in [7, 11) is 0. The lowest BCUT2D eigenvalue weighted by molar-refractivity contribution is -0.129. The van der Waals surface area contributed by atoms with Gasteiger partial charge in [0.25, 0.3) is 0 Å². The first-order valence-corrected chi connectivity index (χ1v) is 4.99. The first-order valence-electron chi connectivity index (χ1n) is 4.99. The Morgan fingerprint density at radius 1 is 1.38 bits per heavy atom. The Kier molecular flexibility index (Phi) is 3.05. The van der Waals surface area contributed by atoms with E-state index < -0.39 is 0 Å². The molecule has 5 nitrogen and oxygen atoms in total. The van der Waals surface area contributed by atoms with Crippen LogP contribution in [-0.2, 0) is 16.1 Å². The van der Waals surface area contributed by atoms with Gasteiger partial charge >= 0.3 is 11.8 Å². The van der Waals surface area contributed by atoms with E-state index in [1.165, 1.54) is 0 Å². The van der Waals surface area contributed by atoms with Crippen LogP contribution in [0.15, 0.2) is 35.5 Å². The Morgan fingerprint density at radius 3 is 2.81 bits per heavy atom. The molecule has 0 atom stereocenters. The van der Waals surface area contributed by atoms with Crippen LogP contribution in [0.2, 0.25) is 0 Å². The van der Waals surface area contributed by atoms with Gasteiger partial charge in [-0.05, 0) is 10.7 Å². The van der Waals surface area contributed by atoms with E-state index in [-0.39, 0.29) is 11.8 Å². The number of nitrogens with zero attached hydrogens (tertiary/aromatic N) is 2. The summed E-state index contributed by atoms with van der Waals surface area (Å²) < 4.78 is 4.92. The molecule has 1 aromatic carbocycles. The highest BCUT2D eigenvalue weighted by Crippen LogP contribution is 2.08. The third kappa shape index (κ3) is 2.13. The summed E-state index contributed by atoms with van der Waals surface area (Å²) in [6.45, 7) is 1.37. The normalized spacial score (nSPS) is 18.6. The second-order valence-electron chi connectivity index (χ2n) is 3.47. The SMILES string of the molecule is O=C1C(=NO)OCCN1Cc1ccccc1. The van der Waals surface area contributed by atoms with Crippen LogP contribution in [-0.4, -0.2) is 35.1 Å². The van der Waals surface area contributed by atoms with Gasteiger partial charge in [0.15, 0.2) is 0 Å². The minimum atomic E-state index is -0.377. The van der Waals surface area contributed by atoms with Crippen molar-refractivity contribution < 1.29 is 14.7 Å². The summed E-state index contributed by atoms with van der Waals surface area (Å²) in [5.74, 6) is -0.611. The number of rotatable bonds is 2. The minimum absolute atomic E-state index is 0.234. The van der Waals surface area contributed by atoms with E-state index in [2.05, 4.69) is 5.16 Å². The third-order valence-corrected chi connectivity index (χ3v) is 2.38. The highest BCUT2D eigenvalue weighted by Gasteiger charge is 2.26. The molecule has 0 spiro atoms. The van der Waals surface area contributed by atoms with Crippen molar-refractivity contribution in [2.45, 2.75) is 6.54 Å². The van der Waals surface area contributed by atoms with E-state index in [1.54, 1.807) is 4.90 Å². The lowest BCUT2D eigenvalue weighted by Gasteiger charge is -2.26. The zero-order valence-electron chi connectivity index (χ0n) is 8.67. The zero-order valence-corrected chi connectivity index (χ0v) is 8.67. The monoisotopic (exact) mass is 220 g/mol. The molecule has 1 fully saturated rings. The van der Waals surface area contributed by atoms with Crippen molar-refractivity contribution in [1.29, 1.82) is 0 Å². The smallest absolute Gasteiger partial charge is 0.316 e. The molecular weight excluding hydrogens is 208 g/mol. The van der Waals surface area contributed by atoms with Crippen LogP contribution in [0.5, 0.6) is 0 Å². The number of amides is 1. The average Bonchev–Trinajstić information content (AvgIpc) is 2.33. The average molecular weight is 220 g/mol. The van der Waals surface area contributed by atoms with E-state index in [0.29, 0.717) is 19.7 Å². The summed E-state index contributed by atoms with van der Waals surface area (Å²) >= 11 is 0. The fourth-order valence-electron chi connectivity index (χ4n) is 1.58. The van der Waals surface area contributed by atoms with Gasteiger partial charge < -0.3 is 14.8 Å². The summed E-state index contributed by atoms with van der Waals surface area (Å²) in [4.78, 5) is 13.3. The standard InChI is InChI=1S/C11H12N2O3/c14-11-10(12-15)16-7-6-13(11)8-9-4-2-1-3-5-9/h1-5,15H,6-8H2. The predicted octanol–water partition coefficient (Wildman–Crippen LogP) is 0.833. The lowest BCUT2D eigenvalue weighted by Crippen LogP contribution is -2.44. The Labute approximate surface area is 92.9 Å². The van der Waals surface area contributed by atoms with Crippen LogP contribution in [0.25, 0.3) is 0 Å². The van der Waals surface area contributed by atoms with E-state index >= 15 is 0 Å². The van der Waals surface area contributed by atoms with Gasteiger partial charge in [0, 0.05) is 6.54 Å². The van der Waals surface area contributed by atoms with Gasteiger partial charge in [0.2, 0.25) is 0 Å². The van der Waals surface area contributed by atoms with E-state index in [9.17, 15) is 4.79 Å². The molecule has 0 saturated carbocycles. The van der Waals surface area contributed by atoms with Crippen LogP contribution in [0.4, 0.5) is 0 Å². The minimum Gasteiger partial charge on any atom is -0.470 e. The molecule has 16 heavy (non-hydrogen) atoms. The van der Waals surface area contributed by atoms with Gasteiger partial charge in [0.1, 0.15) is 6.61 Å². The largest absolute Gasteiger partial charge is 0.470 e. The van der Waals surface area contributed by atoms with Gasteiger partial charge in [-0.25, -0.2) is 0 Å². The first-order chi connectivity index (χ1) is 7.81. The third-order valence-electron chi connectivity index (χ3n) is 2.38. The number of carbonyl (C=O) groups is 1. The van der Waals surface area contributed by atoms with Crippen molar-refractivity contribution in [3.63, 3.8) is 0 Å². The molecule has 0 unspecified atom stereocenters. The fraction of sp³-hybridized carbons (Fsp3) is 0.273. The molecule has 1 N–H and O–H groups in total. The van der Waals surface area contributed by atoms with E-state index in [1.807, 2.05) is 30.3 Å². The maximum absolute atomic E-state index is 11.7. The second-order valence-corrected chi connectivity index (χ2v) is 3.47. The summed E-state index contributed by atoms with van der Waals surface area (Å²) in [6, 6.07) is 9.64. The molecular formula is C11H12N2O3. The molecule has 1 saturated heterocycles. The fourth-order valence-corrected chi connectivity index (χ4v) is 1.58.